The van der Waals surface area contributed by atoms with Crippen LogP contribution in [0.5, 0.6) is 0 Å². The van der Waals surface area contributed by atoms with Crippen molar-refractivity contribution in [2.24, 2.45) is 5.92 Å². The summed E-state index contributed by atoms with van der Waals surface area (Å²) in [5.41, 5.74) is 1.61. The second kappa shape index (κ2) is 19.1. The van der Waals surface area contributed by atoms with Crippen LogP contribution in [0.25, 0.3) is 0 Å². The Labute approximate surface area is 278 Å². The lowest BCUT2D eigenvalue weighted by Gasteiger charge is -2.40. The number of carbonyl (C=O) groups is 2. The molecule has 0 bridgehead atoms. The number of aliphatic hydroxyl groups excluding tert-OH is 2. The highest BCUT2D eigenvalue weighted by Crippen LogP contribution is 2.19. The third kappa shape index (κ3) is 15.5. The van der Waals surface area contributed by atoms with E-state index in [4.69, 9.17) is 14.6 Å². The molecule has 2 amide bonds. The Morgan fingerprint density at radius 2 is 1.27 bits per heavy atom. The molecular formula is C35H54BrN3O6. The van der Waals surface area contributed by atoms with Crippen molar-refractivity contribution in [2.45, 2.75) is 83.5 Å². The molecule has 2 saturated heterocycles. The van der Waals surface area contributed by atoms with Gasteiger partial charge in [0.1, 0.15) is 11.2 Å². The van der Waals surface area contributed by atoms with Gasteiger partial charge in [0.25, 0.3) is 0 Å². The number of likely N-dealkylation sites (tertiary alicyclic amines) is 1. The number of carbonyl (C=O) groups excluding carboxylic acids is 2. The number of benzene rings is 2. The molecule has 2 atom stereocenters. The Morgan fingerprint density at radius 3 is 1.71 bits per heavy atom. The zero-order valence-electron chi connectivity index (χ0n) is 28.0. The number of hydrogen-bond acceptors (Lipinski definition) is 7. The summed E-state index contributed by atoms with van der Waals surface area (Å²) in [5, 5.41) is 19.6. The molecule has 2 N–H and O–H groups in total. The summed E-state index contributed by atoms with van der Waals surface area (Å²) in [7, 11) is 0. The van der Waals surface area contributed by atoms with Crippen LogP contribution in [0.15, 0.2) is 60.7 Å². The van der Waals surface area contributed by atoms with Crippen molar-refractivity contribution in [2.75, 3.05) is 45.9 Å². The first-order valence-electron chi connectivity index (χ1n) is 15.8. The summed E-state index contributed by atoms with van der Waals surface area (Å²) < 4.78 is 10.7. The number of ether oxygens (including phenoxy) is 2. The van der Waals surface area contributed by atoms with Crippen LogP contribution in [-0.2, 0) is 21.3 Å². The second-order valence-corrected chi connectivity index (χ2v) is 14.0. The van der Waals surface area contributed by atoms with Crippen LogP contribution >= 0.6 is 15.9 Å². The average Bonchev–Trinajstić information content (AvgIpc) is 3.01. The van der Waals surface area contributed by atoms with E-state index in [0.717, 1.165) is 37.8 Å². The van der Waals surface area contributed by atoms with Crippen molar-refractivity contribution in [3.63, 3.8) is 0 Å². The highest BCUT2D eigenvalue weighted by molar-refractivity contribution is 9.08. The predicted octanol–water partition coefficient (Wildman–Crippen LogP) is 6.31. The Kier molecular flexibility index (Phi) is 16.4. The van der Waals surface area contributed by atoms with Crippen LogP contribution in [0.1, 0.15) is 65.5 Å². The lowest BCUT2D eigenvalue weighted by Crippen LogP contribution is -2.56. The fourth-order valence-corrected chi connectivity index (χ4v) is 5.23. The maximum Gasteiger partial charge on any atom is 0.410 e. The Morgan fingerprint density at radius 1 is 0.756 bits per heavy atom. The summed E-state index contributed by atoms with van der Waals surface area (Å²) in [6.07, 6.45) is 1.38. The molecule has 45 heavy (non-hydrogen) atoms. The van der Waals surface area contributed by atoms with E-state index in [2.05, 4.69) is 45.1 Å². The van der Waals surface area contributed by atoms with Gasteiger partial charge in [0.2, 0.25) is 0 Å². The number of amides is 2. The van der Waals surface area contributed by atoms with E-state index in [1.807, 2.05) is 77.9 Å². The second-order valence-electron chi connectivity index (χ2n) is 13.5. The van der Waals surface area contributed by atoms with E-state index in [9.17, 15) is 14.7 Å². The smallest absolute Gasteiger partial charge is 0.410 e. The van der Waals surface area contributed by atoms with Crippen LogP contribution in [0.4, 0.5) is 9.59 Å². The number of hydrogen-bond donors (Lipinski definition) is 2. The van der Waals surface area contributed by atoms with E-state index < -0.39 is 11.2 Å². The van der Waals surface area contributed by atoms with Gasteiger partial charge in [-0.05, 0) is 71.4 Å². The molecule has 0 aromatic heterocycles. The predicted molar refractivity (Wildman–Crippen MR) is 182 cm³/mol. The molecular weight excluding hydrogens is 638 g/mol. The normalized spacial score (nSPS) is 19.0. The monoisotopic (exact) mass is 691 g/mol. The number of alkyl halides is 1. The van der Waals surface area contributed by atoms with Gasteiger partial charge in [0, 0.05) is 51.2 Å². The van der Waals surface area contributed by atoms with E-state index >= 15 is 0 Å². The minimum atomic E-state index is -0.493. The largest absolute Gasteiger partial charge is 0.444 e. The summed E-state index contributed by atoms with van der Waals surface area (Å²) in [4.78, 5) is 29.4. The van der Waals surface area contributed by atoms with Crippen molar-refractivity contribution in [1.82, 2.24) is 14.7 Å². The minimum Gasteiger partial charge on any atom is -0.444 e. The molecule has 2 aromatic rings. The zero-order chi connectivity index (χ0) is 33.5. The molecule has 0 aliphatic carbocycles. The lowest BCUT2D eigenvalue weighted by atomic mass is 9.99. The molecule has 2 heterocycles. The number of piperazine rings is 1. The molecule has 10 heteroatoms. The summed E-state index contributed by atoms with van der Waals surface area (Å²) in [6.45, 7) is 15.3. The molecule has 0 spiro atoms. The first-order valence-corrected chi connectivity index (χ1v) is 16.9. The number of nitrogens with zero attached hydrogens (tertiary/aromatic N) is 3. The lowest BCUT2D eigenvalue weighted by molar-refractivity contribution is -0.00614. The molecule has 0 radical (unpaired) electrons. The SMILES string of the molecule is BrCc1ccccc1.CC(C)(C)OC(=O)N1CCCC(CO)C1.CC(C)(C)OC(=O)N1CCN(Cc2ccccc2)C(CO)C1. The standard InChI is InChI=1S/C17H26N2O3.C11H21NO3.C7H7Br/c1-17(2,3)22-16(21)19-10-9-18(15(12-19)13-20)11-14-7-5-4-6-8-14;1-11(2,3)15-10(14)12-6-4-5-9(7-12)8-13;8-6-7-4-2-1-3-5-7/h4-8,15,20H,9-13H2,1-3H3;9,13H,4-8H2,1-3H3;1-5H,6H2. The molecule has 9 nitrogen and oxygen atoms in total. The van der Waals surface area contributed by atoms with Gasteiger partial charge in [-0.15, -0.1) is 0 Å². The van der Waals surface area contributed by atoms with Gasteiger partial charge in [-0.25, -0.2) is 9.59 Å². The van der Waals surface area contributed by atoms with Crippen LogP contribution < -0.4 is 0 Å². The molecule has 4 rings (SSSR count). The van der Waals surface area contributed by atoms with Crippen molar-refractivity contribution in [3.05, 3.63) is 71.8 Å². The van der Waals surface area contributed by atoms with Crippen molar-refractivity contribution >= 4 is 28.1 Å². The van der Waals surface area contributed by atoms with Gasteiger partial charge in [0.15, 0.2) is 0 Å². The Hall–Kier alpha value is -2.66. The molecule has 2 aromatic carbocycles. The number of aliphatic hydroxyl groups is 2. The summed E-state index contributed by atoms with van der Waals surface area (Å²) in [5.74, 6) is 0.214. The molecule has 2 aliphatic heterocycles. The van der Waals surface area contributed by atoms with Gasteiger partial charge in [-0.3, -0.25) is 4.90 Å². The topological polar surface area (TPSA) is 103 Å². The van der Waals surface area contributed by atoms with Crippen molar-refractivity contribution in [1.29, 1.82) is 0 Å². The molecule has 2 aliphatic rings. The van der Waals surface area contributed by atoms with Gasteiger partial charge >= 0.3 is 12.2 Å². The van der Waals surface area contributed by atoms with Crippen LogP contribution in [-0.4, -0.2) is 100 Å². The van der Waals surface area contributed by atoms with E-state index in [-0.39, 0.29) is 37.4 Å². The summed E-state index contributed by atoms with van der Waals surface area (Å²) >= 11 is 3.36. The third-order valence-electron chi connectivity index (χ3n) is 7.12. The average molecular weight is 693 g/mol. The molecule has 252 valence electrons. The van der Waals surface area contributed by atoms with Crippen molar-refractivity contribution in [3.8, 4) is 0 Å². The number of piperidine rings is 1. The van der Waals surface area contributed by atoms with Crippen LogP contribution in [0, 0.1) is 5.92 Å². The van der Waals surface area contributed by atoms with Crippen LogP contribution in [0.2, 0.25) is 0 Å². The van der Waals surface area contributed by atoms with E-state index in [1.54, 1.807) is 9.80 Å². The third-order valence-corrected chi connectivity index (χ3v) is 7.77. The fourth-order valence-electron chi connectivity index (χ4n) is 4.86. The van der Waals surface area contributed by atoms with E-state index in [0.29, 0.717) is 19.6 Å². The highest BCUT2D eigenvalue weighted by atomic mass is 79.9. The maximum absolute atomic E-state index is 12.1. The van der Waals surface area contributed by atoms with Gasteiger partial charge < -0.3 is 29.5 Å². The van der Waals surface area contributed by atoms with Crippen LogP contribution in [0.3, 0.4) is 0 Å². The number of rotatable bonds is 5. The zero-order valence-corrected chi connectivity index (χ0v) is 29.5. The highest BCUT2D eigenvalue weighted by Gasteiger charge is 2.31. The molecule has 0 saturated carbocycles. The Balaban J connectivity index is 0.000000263. The quantitative estimate of drug-likeness (QED) is 0.355. The summed E-state index contributed by atoms with van der Waals surface area (Å²) in [6, 6.07) is 20.4. The molecule has 2 fully saturated rings. The first kappa shape index (κ1) is 38.5. The van der Waals surface area contributed by atoms with Crippen molar-refractivity contribution < 1.29 is 29.3 Å². The van der Waals surface area contributed by atoms with Gasteiger partial charge in [-0.2, -0.15) is 0 Å². The Bertz CT molecular complexity index is 1120. The van der Waals surface area contributed by atoms with Gasteiger partial charge in [0.05, 0.1) is 12.6 Å². The van der Waals surface area contributed by atoms with E-state index in [1.165, 1.54) is 11.1 Å². The fraction of sp³-hybridized carbons (Fsp3) is 0.600. The van der Waals surface area contributed by atoms with Gasteiger partial charge in [-0.1, -0.05) is 76.6 Å². The minimum absolute atomic E-state index is 0.0339. The maximum atomic E-state index is 12.1. The number of halogens is 1. The molecule has 2 unspecified atom stereocenters. The first-order chi connectivity index (χ1) is 21.2.